The molecule has 2 unspecified atom stereocenters. The number of hydrogen-bond donors (Lipinski definition) is 1. The highest BCUT2D eigenvalue weighted by molar-refractivity contribution is 8.00. The number of ether oxygens (including phenoxy) is 1. The molecule has 2 aliphatic rings. The molecule has 2 amide bonds. The van der Waals surface area contributed by atoms with Gasteiger partial charge in [-0.25, -0.2) is 4.39 Å². The molecule has 0 spiro atoms. The highest BCUT2D eigenvalue weighted by atomic mass is 32.2. The van der Waals surface area contributed by atoms with E-state index >= 15 is 0 Å². The van der Waals surface area contributed by atoms with Gasteiger partial charge in [0.1, 0.15) is 12.4 Å². The summed E-state index contributed by atoms with van der Waals surface area (Å²) in [5.74, 6) is -0.152. The van der Waals surface area contributed by atoms with E-state index < -0.39 is 5.25 Å². The number of thioether (sulfide) groups is 1. The first-order valence-corrected chi connectivity index (χ1v) is 12.0. The zero-order valence-electron chi connectivity index (χ0n) is 18.6. The van der Waals surface area contributed by atoms with Crippen molar-refractivity contribution in [1.29, 1.82) is 0 Å². The molecule has 3 aromatic rings. The van der Waals surface area contributed by atoms with Crippen molar-refractivity contribution >= 4 is 35.0 Å². The van der Waals surface area contributed by atoms with E-state index in [-0.39, 0.29) is 30.3 Å². The summed E-state index contributed by atoms with van der Waals surface area (Å²) in [6.07, 6.45) is 1.95. The fourth-order valence-electron chi connectivity index (χ4n) is 4.20. The average Bonchev–Trinajstić information content (AvgIpc) is 3.49. The summed E-state index contributed by atoms with van der Waals surface area (Å²) >= 11 is 1.29. The molecule has 8 nitrogen and oxygen atoms in total. The van der Waals surface area contributed by atoms with Gasteiger partial charge in [-0.15, -0.1) is 10.2 Å². The van der Waals surface area contributed by atoms with Crippen molar-refractivity contribution in [3.8, 4) is 11.4 Å². The minimum atomic E-state index is -0.521. The standard InChI is InChI=1S/C24H24FN5O3S/c1-15(23(32)29-14-21(31)26-19-6-2-3-7-20(19)29)34-24-28-27-22(16-8-10-17(25)11-9-16)30(24)13-18-5-4-12-33-18/h2-3,6-11,15,18H,4-5,12-14H2,1H3,(H,26,31). The molecule has 0 bridgehead atoms. The second-order valence-corrected chi connectivity index (χ2v) is 9.62. The van der Waals surface area contributed by atoms with E-state index in [2.05, 4.69) is 15.5 Å². The molecule has 0 radical (unpaired) electrons. The minimum Gasteiger partial charge on any atom is -0.376 e. The lowest BCUT2D eigenvalue weighted by molar-refractivity contribution is -0.121. The van der Waals surface area contributed by atoms with Crippen LogP contribution < -0.4 is 10.2 Å². The van der Waals surface area contributed by atoms with Gasteiger partial charge in [-0.3, -0.25) is 19.1 Å². The number of hydrogen-bond acceptors (Lipinski definition) is 6. The Bertz CT molecular complexity index is 1210. The third kappa shape index (κ3) is 4.55. The molecule has 34 heavy (non-hydrogen) atoms. The number of nitrogens with zero attached hydrogens (tertiary/aromatic N) is 4. The molecule has 2 aliphatic heterocycles. The maximum absolute atomic E-state index is 13.5. The normalized spacial score (nSPS) is 18.5. The highest BCUT2D eigenvalue weighted by Crippen LogP contribution is 2.33. The molecule has 2 atom stereocenters. The van der Waals surface area contributed by atoms with Crippen LogP contribution in [0.3, 0.4) is 0 Å². The highest BCUT2D eigenvalue weighted by Gasteiger charge is 2.31. The van der Waals surface area contributed by atoms with Crippen molar-refractivity contribution in [3.63, 3.8) is 0 Å². The topological polar surface area (TPSA) is 89.3 Å². The number of nitrogens with one attached hydrogen (secondary N) is 1. The maximum atomic E-state index is 13.5. The van der Waals surface area contributed by atoms with Crippen LogP contribution in [-0.2, 0) is 20.9 Å². The first kappa shape index (κ1) is 22.5. The molecule has 2 aromatic carbocycles. The SMILES string of the molecule is CC(Sc1nnc(-c2ccc(F)cc2)n1CC1CCCO1)C(=O)N1CC(=O)Nc2ccccc21. The van der Waals surface area contributed by atoms with Gasteiger partial charge in [0.15, 0.2) is 11.0 Å². The Morgan fingerprint density at radius 1 is 1.24 bits per heavy atom. The lowest BCUT2D eigenvalue weighted by atomic mass is 10.2. The Hall–Kier alpha value is -3.24. The maximum Gasteiger partial charge on any atom is 0.244 e. The predicted molar refractivity (Wildman–Crippen MR) is 127 cm³/mol. The van der Waals surface area contributed by atoms with Crippen molar-refractivity contribution in [2.24, 2.45) is 0 Å². The second-order valence-electron chi connectivity index (χ2n) is 8.31. The Kier molecular flexibility index (Phi) is 6.34. The van der Waals surface area contributed by atoms with Gasteiger partial charge in [0.25, 0.3) is 0 Å². The number of halogens is 1. The molecule has 3 heterocycles. The largest absolute Gasteiger partial charge is 0.376 e. The van der Waals surface area contributed by atoms with Crippen LogP contribution >= 0.6 is 11.8 Å². The zero-order chi connectivity index (χ0) is 23.7. The Morgan fingerprint density at radius 3 is 2.79 bits per heavy atom. The number of rotatable bonds is 6. The number of amides is 2. The van der Waals surface area contributed by atoms with Gasteiger partial charge in [0, 0.05) is 12.2 Å². The number of para-hydroxylation sites is 2. The van der Waals surface area contributed by atoms with Crippen molar-refractivity contribution < 1.29 is 18.7 Å². The Morgan fingerprint density at radius 2 is 2.03 bits per heavy atom. The molecule has 1 N–H and O–H groups in total. The lowest BCUT2D eigenvalue weighted by Gasteiger charge is -2.30. The quantitative estimate of drug-likeness (QED) is 0.540. The third-order valence-electron chi connectivity index (χ3n) is 5.90. The van der Waals surface area contributed by atoms with Crippen LogP contribution in [0.2, 0.25) is 0 Å². The van der Waals surface area contributed by atoms with Gasteiger partial charge < -0.3 is 10.1 Å². The van der Waals surface area contributed by atoms with Crippen LogP contribution in [0.25, 0.3) is 11.4 Å². The molecule has 176 valence electrons. The van der Waals surface area contributed by atoms with Crippen LogP contribution in [-0.4, -0.2) is 51.1 Å². The first-order chi connectivity index (χ1) is 16.5. The first-order valence-electron chi connectivity index (χ1n) is 11.2. The van der Waals surface area contributed by atoms with Gasteiger partial charge in [-0.1, -0.05) is 23.9 Å². The molecular formula is C24H24FN5O3S. The van der Waals surface area contributed by atoms with Gasteiger partial charge >= 0.3 is 0 Å². The van der Waals surface area contributed by atoms with Crippen LogP contribution in [0.15, 0.2) is 53.7 Å². The Balaban J connectivity index is 1.41. The van der Waals surface area contributed by atoms with Crippen LogP contribution in [0.1, 0.15) is 19.8 Å². The minimum absolute atomic E-state index is 0.0261. The van der Waals surface area contributed by atoms with E-state index in [1.807, 2.05) is 22.8 Å². The van der Waals surface area contributed by atoms with E-state index in [0.717, 1.165) is 18.4 Å². The van der Waals surface area contributed by atoms with E-state index in [1.54, 1.807) is 25.1 Å². The van der Waals surface area contributed by atoms with E-state index in [0.29, 0.717) is 35.5 Å². The van der Waals surface area contributed by atoms with Gasteiger partial charge in [-0.2, -0.15) is 0 Å². The predicted octanol–water partition coefficient (Wildman–Crippen LogP) is 3.73. The average molecular weight is 482 g/mol. The number of carbonyl (C=O) groups excluding carboxylic acids is 2. The van der Waals surface area contributed by atoms with Crippen molar-refractivity contribution in [1.82, 2.24) is 14.8 Å². The summed E-state index contributed by atoms with van der Waals surface area (Å²) < 4.78 is 21.2. The lowest BCUT2D eigenvalue weighted by Crippen LogP contribution is -2.45. The third-order valence-corrected chi connectivity index (χ3v) is 6.96. The fourth-order valence-corrected chi connectivity index (χ4v) is 5.12. The summed E-state index contributed by atoms with van der Waals surface area (Å²) in [4.78, 5) is 27.1. The number of benzene rings is 2. The van der Waals surface area contributed by atoms with Crippen LogP contribution in [0.5, 0.6) is 0 Å². The summed E-state index contributed by atoms with van der Waals surface area (Å²) in [5, 5.41) is 11.6. The summed E-state index contributed by atoms with van der Waals surface area (Å²) in [6, 6.07) is 13.3. The molecule has 1 fully saturated rings. The fraction of sp³-hybridized carbons (Fsp3) is 0.333. The Labute approximate surface area is 200 Å². The summed E-state index contributed by atoms with van der Waals surface area (Å²) in [7, 11) is 0. The summed E-state index contributed by atoms with van der Waals surface area (Å²) in [5.41, 5.74) is 2.02. The monoisotopic (exact) mass is 481 g/mol. The van der Waals surface area contributed by atoms with Crippen molar-refractivity contribution in [2.75, 3.05) is 23.4 Å². The van der Waals surface area contributed by atoms with Crippen LogP contribution in [0.4, 0.5) is 15.8 Å². The van der Waals surface area contributed by atoms with Gasteiger partial charge in [0.2, 0.25) is 11.8 Å². The molecule has 1 aromatic heterocycles. The number of fused-ring (bicyclic) bond motifs is 1. The van der Waals surface area contributed by atoms with E-state index in [9.17, 15) is 14.0 Å². The molecule has 5 rings (SSSR count). The molecule has 0 saturated carbocycles. The second kappa shape index (κ2) is 9.55. The zero-order valence-corrected chi connectivity index (χ0v) is 19.4. The molecule has 0 aliphatic carbocycles. The van der Waals surface area contributed by atoms with Crippen LogP contribution in [0, 0.1) is 5.82 Å². The van der Waals surface area contributed by atoms with E-state index in [1.165, 1.54) is 28.8 Å². The van der Waals surface area contributed by atoms with Gasteiger partial charge in [-0.05, 0) is 56.2 Å². The molecule has 10 heteroatoms. The number of aromatic nitrogens is 3. The van der Waals surface area contributed by atoms with E-state index in [4.69, 9.17) is 4.74 Å². The molecule has 1 saturated heterocycles. The van der Waals surface area contributed by atoms with Crippen molar-refractivity contribution in [2.45, 2.75) is 42.8 Å². The number of carbonyl (C=O) groups is 2. The molecular weight excluding hydrogens is 457 g/mol. The smallest absolute Gasteiger partial charge is 0.244 e. The van der Waals surface area contributed by atoms with Gasteiger partial charge in [0.05, 0.1) is 29.3 Å². The summed E-state index contributed by atoms with van der Waals surface area (Å²) in [6.45, 7) is 3.01. The number of anilines is 2. The van der Waals surface area contributed by atoms with Crippen molar-refractivity contribution in [3.05, 3.63) is 54.3 Å².